The summed E-state index contributed by atoms with van der Waals surface area (Å²) in [6.07, 6.45) is 8.08. The minimum Gasteiger partial charge on any atom is -0.485 e. The van der Waals surface area contributed by atoms with Crippen LogP contribution < -0.4 is 19.9 Å². The molecule has 0 bridgehead atoms. The van der Waals surface area contributed by atoms with Crippen molar-refractivity contribution in [2.24, 2.45) is 0 Å². The van der Waals surface area contributed by atoms with Crippen LogP contribution in [-0.2, 0) is 9.59 Å². The van der Waals surface area contributed by atoms with Crippen LogP contribution in [0.4, 0.5) is 22.9 Å². The van der Waals surface area contributed by atoms with E-state index in [1.807, 2.05) is 48.4 Å². The van der Waals surface area contributed by atoms with Gasteiger partial charge in [0, 0.05) is 60.6 Å². The summed E-state index contributed by atoms with van der Waals surface area (Å²) in [4.78, 5) is 36.8. The van der Waals surface area contributed by atoms with E-state index in [1.54, 1.807) is 17.3 Å². The average Bonchev–Trinajstić information content (AvgIpc) is 3.47. The third kappa shape index (κ3) is 3.55. The Labute approximate surface area is 197 Å². The number of rotatable bonds is 4. The molecule has 1 N–H and O–H groups in total. The number of amides is 2. The molecular weight excluding hydrogens is 430 g/mol. The van der Waals surface area contributed by atoms with Crippen molar-refractivity contribution in [1.29, 1.82) is 0 Å². The maximum absolute atomic E-state index is 12.1. The summed E-state index contributed by atoms with van der Waals surface area (Å²) < 4.78 is 6.25. The Morgan fingerprint density at radius 2 is 1.68 bits per heavy atom. The van der Waals surface area contributed by atoms with Gasteiger partial charge in [0.05, 0.1) is 23.8 Å². The van der Waals surface area contributed by atoms with Gasteiger partial charge in [0.25, 0.3) is 0 Å². The molecule has 3 aliphatic heterocycles. The molecule has 1 atom stereocenters. The molecule has 0 unspecified atom stereocenters. The number of carbonyl (C=O) groups excluding carboxylic acids is 2. The number of aromatic nitrogens is 2. The number of fused-ring (bicyclic) bond motifs is 3. The monoisotopic (exact) mass is 455 g/mol. The van der Waals surface area contributed by atoms with E-state index in [0.29, 0.717) is 18.7 Å². The molecule has 0 saturated carbocycles. The van der Waals surface area contributed by atoms with E-state index in [0.717, 1.165) is 65.4 Å². The van der Waals surface area contributed by atoms with Crippen LogP contribution in [0, 0.1) is 0 Å². The molecule has 8 nitrogen and oxygen atoms in total. The lowest BCUT2D eigenvalue weighted by Gasteiger charge is -2.28. The lowest BCUT2D eigenvalue weighted by Crippen LogP contribution is -2.24. The number of nitrogens with one attached hydrogen (secondary N) is 1. The molecule has 2 fully saturated rings. The lowest BCUT2D eigenvalue weighted by atomic mass is 9.94. The predicted molar refractivity (Wildman–Crippen MR) is 129 cm³/mol. The number of benzene rings is 1. The second-order valence-electron chi connectivity index (χ2n) is 8.95. The van der Waals surface area contributed by atoms with Crippen molar-refractivity contribution in [3.8, 4) is 16.9 Å². The first-order valence-electron chi connectivity index (χ1n) is 11.7. The van der Waals surface area contributed by atoms with Gasteiger partial charge in [0.1, 0.15) is 17.7 Å². The highest BCUT2D eigenvalue weighted by Gasteiger charge is 2.27. The van der Waals surface area contributed by atoms with Crippen LogP contribution in [-0.4, -0.2) is 34.9 Å². The first-order chi connectivity index (χ1) is 16.6. The fraction of sp³-hybridized carbons (Fsp3) is 0.308. The standard InChI is InChI=1S/C26H25N5O3/c1-16-21-12-24(29-17-10-19(14-27-13-17)31-9-3-5-26(31)33)28-15-22(21)20-7-6-18(11-23(20)34-16)30-8-2-4-25(30)32/h6-7,10-16H,2-5,8-9H2,1H3,(H,28,29)/t16-/m0/s1. The number of carbonyl (C=O) groups is 2. The molecular formula is C26H25N5O3. The molecule has 2 saturated heterocycles. The molecule has 3 aliphatic rings. The summed E-state index contributed by atoms with van der Waals surface area (Å²) in [6.45, 7) is 3.49. The lowest BCUT2D eigenvalue weighted by molar-refractivity contribution is -0.117. The van der Waals surface area contributed by atoms with Crippen LogP contribution in [0.5, 0.6) is 5.75 Å². The second kappa shape index (κ2) is 8.13. The predicted octanol–water partition coefficient (Wildman–Crippen LogP) is 4.59. The Morgan fingerprint density at radius 3 is 2.41 bits per heavy atom. The molecule has 5 heterocycles. The van der Waals surface area contributed by atoms with Gasteiger partial charge in [0.2, 0.25) is 11.8 Å². The average molecular weight is 456 g/mol. The number of nitrogens with zero attached hydrogens (tertiary/aromatic N) is 4. The van der Waals surface area contributed by atoms with Crippen molar-refractivity contribution in [2.45, 2.75) is 38.7 Å². The number of ether oxygens (including phenoxy) is 1. The Balaban J connectivity index is 1.28. The largest absolute Gasteiger partial charge is 0.485 e. The summed E-state index contributed by atoms with van der Waals surface area (Å²) >= 11 is 0. The quantitative estimate of drug-likeness (QED) is 0.619. The van der Waals surface area contributed by atoms with Crippen molar-refractivity contribution < 1.29 is 14.3 Å². The van der Waals surface area contributed by atoms with E-state index in [4.69, 9.17) is 4.74 Å². The summed E-state index contributed by atoms with van der Waals surface area (Å²) in [6, 6.07) is 9.87. The highest BCUT2D eigenvalue weighted by molar-refractivity contribution is 5.96. The molecule has 172 valence electrons. The van der Waals surface area contributed by atoms with Gasteiger partial charge >= 0.3 is 0 Å². The number of pyridine rings is 2. The fourth-order valence-electron chi connectivity index (χ4n) is 4.99. The van der Waals surface area contributed by atoms with Crippen LogP contribution in [0.3, 0.4) is 0 Å². The van der Waals surface area contributed by atoms with Gasteiger partial charge in [-0.25, -0.2) is 4.98 Å². The molecule has 0 radical (unpaired) electrons. The summed E-state index contributed by atoms with van der Waals surface area (Å²) in [5, 5.41) is 3.32. The normalized spacial score (nSPS) is 19.1. The van der Waals surface area contributed by atoms with Gasteiger partial charge in [-0.15, -0.1) is 0 Å². The first-order valence-corrected chi connectivity index (χ1v) is 11.7. The fourth-order valence-corrected chi connectivity index (χ4v) is 4.99. The Bertz CT molecular complexity index is 1310. The van der Waals surface area contributed by atoms with E-state index in [1.165, 1.54) is 0 Å². The Hall–Kier alpha value is -3.94. The summed E-state index contributed by atoms with van der Waals surface area (Å²) in [5.41, 5.74) is 5.48. The van der Waals surface area contributed by atoms with E-state index in [-0.39, 0.29) is 17.9 Å². The highest BCUT2D eigenvalue weighted by atomic mass is 16.5. The molecule has 2 aromatic heterocycles. The topological polar surface area (TPSA) is 87.7 Å². The van der Waals surface area contributed by atoms with Crippen LogP contribution in [0.15, 0.2) is 48.9 Å². The van der Waals surface area contributed by atoms with Gasteiger partial charge in [-0.1, -0.05) is 0 Å². The maximum Gasteiger partial charge on any atom is 0.227 e. The van der Waals surface area contributed by atoms with Crippen LogP contribution >= 0.6 is 0 Å². The molecule has 6 rings (SSSR count). The van der Waals surface area contributed by atoms with Crippen molar-refractivity contribution in [3.05, 3.63) is 54.5 Å². The van der Waals surface area contributed by atoms with E-state index < -0.39 is 0 Å². The Kier molecular flexibility index (Phi) is 4.94. The molecule has 2 amide bonds. The maximum atomic E-state index is 12.1. The molecule has 8 heteroatoms. The van der Waals surface area contributed by atoms with Gasteiger partial charge < -0.3 is 19.9 Å². The zero-order valence-corrected chi connectivity index (χ0v) is 19.0. The van der Waals surface area contributed by atoms with Crippen molar-refractivity contribution >= 4 is 34.7 Å². The molecule has 0 spiro atoms. The van der Waals surface area contributed by atoms with E-state index in [2.05, 4.69) is 15.3 Å². The zero-order valence-electron chi connectivity index (χ0n) is 19.0. The third-order valence-corrected chi connectivity index (χ3v) is 6.70. The number of hydrogen-bond acceptors (Lipinski definition) is 6. The molecule has 3 aromatic rings. The summed E-state index contributed by atoms with van der Waals surface area (Å²) in [7, 11) is 0. The van der Waals surface area contributed by atoms with E-state index in [9.17, 15) is 9.59 Å². The van der Waals surface area contributed by atoms with Gasteiger partial charge in [-0.05, 0) is 44.0 Å². The van der Waals surface area contributed by atoms with Crippen molar-refractivity contribution in [3.63, 3.8) is 0 Å². The number of anilines is 4. The number of hydrogen-bond donors (Lipinski definition) is 1. The van der Waals surface area contributed by atoms with Crippen LogP contribution in [0.25, 0.3) is 11.1 Å². The molecule has 1 aromatic carbocycles. The minimum atomic E-state index is -0.165. The van der Waals surface area contributed by atoms with Gasteiger partial charge in [-0.2, -0.15) is 0 Å². The highest BCUT2D eigenvalue weighted by Crippen LogP contribution is 2.44. The van der Waals surface area contributed by atoms with E-state index >= 15 is 0 Å². The molecule has 0 aliphatic carbocycles. The third-order valence-electron chi connectivity index (χ3n) is 6.70. The SMILES string of the molecule is C[C@@H]1Oc2cc(N3CCCC3=O)ccc2-c2cnc(Nc3cncc(N4CCCC4=O)c3)cc21. The van der Waals surface area contributed by atoms with Crippen LogP contribution in [0.1, 0.15) is 44.3 Å². The minimum absolute atomic E-state index is 0.132. The van der Waals surface area contributed by atoms with Crippen molar-refractivity contribution in [1.82, 2.24) is 9.97 Å². The summed E-state index contributed by atoms with van der Waals surface area (Å²) in [5.74, 6) is 1.75. The van der Waals surface area contributed by atoms with Gasteiger partial charge in [0.15, 0.2) is 0 Å². The van der Waals surface area contributed by atoms with Gasteiger partial charge in [-0.3, -0.25) is 14.6 Å². The van der Waals surface area contributed by atoms with Crippen LogP contribution in [0.2, 0.25) is 0 Å². The zero-order chi connectivity index (χ0) is 23.2. The Morgan fingerprint density at radius 1 is 0.912 bits per heavy atom. The van der Waals surface area contributed by atoms with Crippen molar-refractivity contribution in [2.75, 3.05) is 28.2 Å². The second-order valence-corrected chi connectivity index (χ2v) is 8.95. The smallest absolute Gasteiger partial charge is 0.227 e. The molecule has 34 heavy (non-hydrogen) atoms. The first kappa shape index (κ1) is 20.7.